The van der Waals surface area contributed by atoms with E-state index in [2.05, 4.69) is 4.98 Å². The van der Waals surface area contributed by atoms with E-state index in [4.69, 9.17) is 16.3 Å². The highest BCUT2D eigenvalue weighted by Gasteiger charge is 2.25. The molecule has 0 spiro atoms. The number of hydrogen-bond donors (Lipinski definition) is 0. The minimum Gasteiger partial charge on any atom is -0.492 e. The first-order valence-corrected chi connectivity index (χ1v) is 8.61. The summed E-state index contributed by atoms with van der Waals surface area (Å²) in [6.07, 6.45) is 6.51. The number of likely N-dealkylation sites (tertiary alicyclic amines) is 1. The Morgan fingerprint density at radius 3 is 2.84 bits per heavy atom. The molecule has 1 aliphatic heterocycles. The van der Waals surface area contributed by atoms with Gasteiger partial charge in [-0.15, -0.1) is 0 Å². The van der Waals surface area contributed by atoms with Gasteiger partial charge in [0.1, 0.15) is 16.3 Å². The molecule has 3 rings (SSSR count). The molecule has 3 heterocycles. The molecule has 7 heteroatoms. The largest absolute Gasteiger partial charge is 0.492 e. The molecule has 0 bridgehead atoms. The van der Waals surface area contributed by atoms with Crippen molar-refractivity contribution in [2.24, 2.45) is 13.0 Å². The van der Waals surface area contributed by atoms with Gasteiger partial charge in [0.05, 0.1) is 6.61 Å². The van der Waals surface area contributed by atoms with Crippen molar-refractivity contribution in [2.45, 2.75) is 12.8 Å². The van der Waals surface area contributed by atoms with Gasteiger partial charge in [0.25, 0.3) is 11.5 Å². The molecule has 132 valence electrons. The number of rotatable bonds is 4. The van der Waals surface area contributed by atoms with Gasteiger partial charge in [-0.2, -0.15) is 0 Å². The van der Waals surface area contributed by atoms with Crippen molar-refractivity contribution in [3.63, 3.8) is 0 Å². The number of aromatic nitrogens is 2. The zero-order valence-corrected chi connectivity index (χ0v) is 14.8. The van der Waals surface area contributed by atoms with Crippen molar-refractivity contribution in [3.05, 3.63) is 57.7 Å². The number of piperidine rings is 1. The number of halogens is 1. The second kappa shape index (κ2) is 7.70. The number of hydrogen-bond acceptors (Lipinski definition) is 4. The fourth-order valence-corrected chi connectivity index (χ4v) is 3.09. The summed E-state index contributed by atoms with van der Waals surface area (Å²) in [5.41, 5.74) is -0.0337. The molecule has 0 aliphatic carbocycles. The van der Waals surface area contributed by atoms with Crippen LogP contribution in [0.25, 0.3) is 0 Å². The summed E-state index contributed by atoms with van der Waals surface area (Å²) >= 11 is 6.03. The molecule has 0 saturated carbocycles. The average molecular weight is 362 g/mol. The van der Waals surface area contributed by atoms with E-state index < -0.39 is 0 Å². The van der Waals surface area contributed by atoms with Crippen LogP contribution in [0.4, 0.5) is 0 Å². The van der Waals surface area contributed by atoms with Crippen LogP contribution in [0.2, 0.25) is 5.02 Å². The van der Waals surface area contributed by atoms with Crippen LogP contribution >= 0.6 is 11.6 Å². The van der Waals surface area contributed by atoms with Crippen LogP contribution in [-0.2, 0) is 7.05 Å². The van der Waals surface area contributed by atoms with Crippen LogP contribution in [0.5, 0.6) is 5.75 Å². The molecular formula is C18H20ClN3O3. The van der Waals surface area contributed by atoms with Crippen molar-refractivity contribution in [1.29, 1.82) is 0 Å². The number of ether oxygens (including phenoxy) is 1. The van der Waals surface area contributed by atoms with Crippen molar-refractivity contribution in [1.82, 2.24) is 14.5 Å². The summed E-state index contributed by atoms with van der Waals surface area (Å²) in [5.74, 6) is 0.785. The van der Waals surface area contributed by atoms with E-state index in [0.717, 1.165) is 12.8 Å². The predicted octanol–water partition coefficient (Wildman–Crippen LogP) is 2.36. The normalized spacial score (nSPS) is 15.2. The maximum atomic E-state index is 12.6. The van der Waals surface area contributed by atoms with E-state index in [1.165, 1.54) is 4.57 Å². The highest BCUT2D eigenvalue weighted by Crippen LogP contribution is 2.25. The summed E-state index contributed by atoms with van der Waals surface area (Å²) in [5, 5.41) is 0.495. The number of amides is 1. The first-order valence-electron chi connectivity index (χ1n) is 8.23. The fraction of sp³-hybridized carbons (Fsp3) is 0.389. The van der Waals surface area contributed by atoms with Gasteiger partial charge in [-0.25, -0.2) is 0 Å². The second-order valence-corrected chi connectivity index (χ2v) is 6.60. The van der Waals surface area contributed by atoms with Crippen LogP contribution < -0.4 is 10.3 Å². The van der Waals surface area contributed by atoms with E-state index in [1.807, 2.05) is 0 Å². The van der Waals surface area contributed by atoms with E-state index in [0.29, 0.717) is 36.4 Å². The number of carbonyl (C=O) groups is 1. The third kappa shape index (κ3) is 4.02. The molecule has 2 aromatic heterocycles. The fourth-order valence-electron chi connectivity index (χ4n) is 2.92. The van der Waals surface area contributed by atoms with E-state index in [-0.39, 0.29) is 17.0 Å². The Kier molecular flexibility index (Phi) is 5.38. The Balaban J connectivity index is 1.55. The molecule has 6 nitrogen and oxygen atoms in total. The minimum absolute atomic E-state index is 0.197. The quantitative estimate of drug-likeness (QED) is 0.838. The third-order valence-corrected chi connectivity index (χ3v) is 4.75. The van der Waals surface area contributed by atoms with E-state index >= 15 is 0 Å². The second-order valence-electron chi connectivity index (χ2n) is 6.19. The number of carbonyl (C=O) groups excluding carboxylic acids is 1. The van der Waals surface area contributed by atoms with E-state index in [1.54, 1.807) is 48.7 Å². The maximum absolute atomic E-state index is 12.6. The number of pyridine rings is 2. The lowest BCUT2D eigenvalue weighted by Gasteiger charge is -2.31. The van der Waals surface area contributed by atoms with Gasteiger partial charge in [0.2, 0.25) is 0 Å². The van der Waals surface area contributed by atoms with Gasteiger partial charge >= 0.3 is 0 Å². The third-order valence-electron chi connectivity index (χ3n) is 4.47. The molecule has 2 aromatic rings. The summed E-state index contributed by atoms with van der Waals surface area (Å²) < 4.78 is 7.19. The molecule has 1 saturated heterocycles. The van der Waals surface area contributed by atoms with Crippen LogP contribution in [0.3, 0.4) is 0 Å². The van der Waals surface area contributed by atoms with Gasteiger partial charge in [-0.1, -0.05) is 11.6 Å². The lowest BCUT2D eigenvalue weighted by Crippen LogP contribution is -2.42. The lowest BCUT2D eigenvalue weighted by molar-refractivity contribution is 0.0658. The Hall–Kier alpha value is -2.34. The van der Waals surface area contributed by atoms with Gasteiger partial charge in [0, 0.05) is 44.8 Å². The molecule has 25 heavy (non-hydrogen) atoms. The zero-order valence-electron chi connectivity index (χ0n) is 14.0. The van der Waals surface area contributed by atoms with Crippen molar-refractivity contribution in [3.8, 4) is 5.75 Å². The van der Waals surface area contributed by atoms with Gasteiger partial charge < -0.3 is 14.2 Å². The first kappa shape index (κ1) is 17.5. The molecule has 0 unspecified atom stereocenters. The van der Waals surface area contributed by atoms with Crippen LogP contribution in [0, 0.1) is 5.92 Å². The minimum atomic E-state index is -0.259. The molecule has 1 amide bonds. The lowest BCUT2D eigenvalue weighted by atomic mass is 9.97. The summed E-state index contributed by atoms with van der Waals surface area (Å²) in [6.45, 7) is 1.79. The molecule has 0 atom stereocenters. The molecule has 0 aromatic carbocycles. The molecule has 1 fully saturated rings. The van der Waals surface area contributed by atoms with Crippen molar-refractivity contribution >= 4 is 17.5 Å². The Morgan fingerprint density at radius 1 is 1.36 bits per heavy atom. The average Bonchev–Trinajstić information content (AvgIpc) is 2.63. The zero-order chi connectivity index (χ0) is 17.8. The first-order chi connectivity index (χ1) is 12.1. The Morgan fingerprint density at radius 2 is 2.12 bits per heavy atom. The van der Waals surface area contributed by atoms with Crippen LogP contribution in [-0.4, -0.2) is 40.1 Å². The van der Waals surface area contributed by atoms with Gasteiger partial charge in [-0.3, -0.25) is 14.6 Å². The number of aryl methyl sites for hydroxylation is 1. The summed E-state index contributed by atoms with van der Waals surface area (Å²) in [6, 6.07) is 5.05. The molecule has 0 radical (unpaired) electrons. The summed E-state index contributed by atoms with van der Waals surface area (Å²) in [7, 11) is 1.65. The van der Waals surface area contributed by atoms with Gasteiger partial charge in [0.15, 0.2) is 0 Å². The Labute approximate surface area is 151 Å². The maximum Gasteiger partial charge on any atom is 0.263 e. The molecule has 0 N–H and O–H groups in total. The molecular weight excluding hydrogens is 342 g/mol. The smallest absolute Gasteiger partial charge is 0.263 e. The summed E-state index contributed by atoms with van der Waals surface area (Å²) in [4.78, 5) is 30.3. The standard InChI is InChI=1S/C18H20ClN3O3/c1-21-8-2-3-14(17(21)23)18(24)22-9-5-13(6-10-22)12-25-16-4-7-20-11-15(16)19/h2-4,7-8,11,13H,5-6,9-10,12H2,1H3. The Bertz CT molecular complexity index is 813. The van der Waals surface area contributed by atoms with Crippen LogP contribution in [0.15, 0.2) is 41.6 Å². The van der Waals surface area contributed by atoms with Crippen LogP contribution in [0.1, 0.15) is 23.2 Å². The van der Waals surface area contributed by atoms with Crippen molar-refractivity contribution in [2.75, 3.05) is 19.7 Å². The SMILES string of the molecule is Cn1cccc(C(=O)N2CCC(COc3ccncc3Cl)CC2)c1=O. The molecule has 1 aliphatic rings. The highest BCUT2D eigenvalue weighted by atomic mass is 35.5. The topological polar surface area (TPSA) is 64.4 Å². The highest BCUT2D eigenvalue weighted by molar-refractivity contribution is 6.31. The van der Waals surface area contributed by atoms with Crippen molar-refractivity contribution < 1.29 is 9.53 Å². The van der Waals surface area contributed by atoms with Gasteiger partial charge in [-0.05, 0) is 30.9 Å². The number of nitrogens with zero attached hydrogens (tertiary/aromatic N) is 3. The predicted molar refractivity (Wildman–Crippen MR) is 95.1 cm³/mol. The monoisotopic (exact) mass is 361 g/mol. The van der Waals surface area contributed by atoms with E-state index in [9.17, 15) is 9.59 Å².